The van der Waals surface area contributed by atoms with Crippen molar-refractivity contribution < 1.29 is 32.6 Å². The molecule has 5 aromatic rings. The van der Waals surface area contributed by atoms with Gasteiger partial charge in [0.15, 0.2) is 11.6 Å². The molecule has 0 bridgehead atoms. The number of nitrogens with one attached hydrogen (secondary N) is 3. The number of piperazine rings is 1. The zero-order valence-electron chi connectivity index (χ0n) is 34.6. The Bertz CT molecular complexity index is 2550. The van der Waals surface area contributed by atoms with Crippen LogP contribution in [0.2, 0.25) is 0 Å². The number of benzene rings is 1. The molecule has 0 spiro atoms. The van der Waals surface area contributed by atoms with Crippen molar-refractivity contribution in [3.63, 3.8) is 0 Å². The number of cyclic esters (lactones) is 1. The number of amides is 2. The zero-order valence-corrected chi connectivity index (χ0v) is 34.6. The Balaban J connectivity index is 0.000000172. The van der Waals surface area contributed by atoms with Crippen LogP contribution in [0.15, 0.2) is 53.7 Å². The molecule has 5 N–H and O–H groups in total. The molecule has 2 saturated heterocycles. The number of alkyl halides is 2. The molecule has 2 unspecified atom stereocenters. The number of halogens is 2. The van der Waals surface area contributed by atoms with Crippen molar-refractivity contribution in [1.29, 1.82) is 0 Å². The third-order valence-corrected chi connectivity index (χ3v) is 11.5. The predicted octanol–water partition coefficient (Wildman–Crippen LogP) is 4.78. The molecule has 4 aromatic heterocycles. The standard InChI is InChI=1S/C24H29N7O2.C18H19F2N5O4/c1-15-19-14-27-24(28-20-8-7-18(13-26-20)30-11-9-25-10-12-30)29-22(19)31(17-5-3-4-6-17)23(33)21(15)16(2)32;1-9(16(21)26)22-10-2-3-11-13(6-10)28-5-4-24-7-14(23-17(11)24)25-12(15(19)20)8-29-18(25)27/h7-8,13-14,17,25H,3-6,9-12H2,1-2H3,(H,26,27,28,29);2-3,6-7,9,12,15,22H,4-5,8H2,1H3,(H2,21,26). The van der Waals surface area contributed by atoms with E-state index in [2.05, 4.69) is 35.8 Å². The highest BCUT2D eigenvalue weighted by molar-refractivity contribution is 5.99. The van der Waals surface area contributed by atoms with Crippen molar-refractivity contribution in [2.45, 2.75) is 77.6 Å². The van der Waals surface area contributed by atoms with E-state index in [0.29, 0.717) is 59.0 Å². The van der Waals surface area contributed by atoms with Crippen LogP contribution in [0.3, 0.4) is 0 Å². The van der Waals surface area contributed by atoms with Crippen molar-refractivity contribution >= 4 is 57.8 Å². The fourth-order valence-corrected chi connectivity index (χ4v) is 8.27. The second kappa shape index (κ2) is 17.7. The molecule has 1 aromatic carbocycles. The molecule has 9 rings (SSSR count). The van der Waals surface area contributed by atoms with E-state index in [1.807, 2.05) is 18.3 Å². The lowest BCUT2D eigenvalue weighted by molar-refractivity contribution is -0.118. The number of primary amides is 1. The second-order valence-corrected chi connectivity index (χ2v) is 15.7. The van der Waals surface area contributed by atoms with E-state index in [1.54, 1.807) is 47.4 Å². The first-order valence-corrected chi connectivity index (χ1v) is 20.6. The summed E-state index contributed by atoms with van der Waals surface area (Å²) in [6.07, 6.45) is 5.47. The average molecular weight is 855 g/mol. The van der Waals surface area contributed by atoms with E-state index in [0.717, 1.165) is 67.8 Å². The number of ether oxygens (including phenoxy) is 2. The minimum absolute atomic E-state index is 0.0536. The van der Waals surface area contributed by atoms with E-state index in [1.165, 1.54) is 13.1 Å². The highest BCUT2D eigenvalue weighted by Gasteiger charge is 2.42. The molecule has 20 heteroatoms. The van der Waals surface area contributed by atoms with Crippen LogP contribution in [-0.2, 0) is 16.1 Å². The molecule has 4 aliphatic rings. The second-order valence-electron chi connectivity index (χ2n) is 15.7. The van der Waals surface area contributed by atoms with Gasteiger partial charge in [-0.05, 0) is 63.4 Å². The highest BCUT2D eigenvalue weighted by atomic mass is 19.3. The number of hydrogen-bond donors (Lipinski definition) is 4. The van der Waals surface area contributed by atoms with Gasteiger partial charge in [-0.2, -0.15) is 4.98 Å². The molecule has 1 saturated carbocycles. The number of ketones is 1. The number of nitrogens with two attached hydrogens (primary N) is 1. The SMILES string of the molecule is CC(=O)c1c(C)c2cnc(Nc3ccc(N4CCNCC4)cn3)nc2n(C2CCCC2)c1=O.CC(Nc1ccc2c(c1)OCCn1cc(N3C(=O)OCC3C(F)F)nc1-2)C(N)=O. The predicted molar refractivity (Wildman–Crippen MR) is 228 cm³/mol. The summed E-state index contributed by atoms with van der Waals surface area (Å²) < 4.78 is 40.6. The first kappa shape index (κ1) is 42.0. The smallest absolute Gasteiger partial charge is 0.416 e. The summed E-state index contributed by atoms with van der Waals surface area (Å²) in [6, 6.07) is 7.25. The van der Waals surface area contributed by atoms with E-state index >= 15 is 0 Å². The van der Waals surface area contributed by atoms with Crippen molar-refractivity contribution in [2.75, 3.05) is 59.8 Å². The van der Waals surface area contributed by atoms with Gasteiger partial charge in [-0.3, -0.25) is 19.0 Å². The quantitative estimate of drug-likeness (QED) is 0.139. The Hall–Kier alpha value is -6.70. The molecule has 7 heterocycles. The van der Waals surface area contributed by atoms with Crippen LogP contribution >= 0.6 is 0 Å². The first-order chi connectivity index (χ1) is 29.9. The Morgan fingerprint density at radius 3 is 2.47 bits per heavy atom. The summed E-state index contributed by atoms with van der Waals surface area (Å²) in [7, 11) is 0. The Morgan fingerprint density at radius 1 is 1.00 bits per heavy atom. The topological polar surface area (TPSA) is 217 Å². The Morgan fingerprint density at radius 2 is 1.77 bits per heavy atom. The molecule has 0 radical (unpaired) electrons. The maximum atomic E-state index is 13.3. The van der Waals surface area contributed by atoms with Gasteiger partial charge in [0.2, 0.25) is 11.9 Å². The third-order valence-electron chi connectivity index (χ3n) is 11.5. The lowest BCUT2D eigenvalue weighted by atomic mass is 10.0. The minimum Gasteiger partial charge on any atom is -0.491 e. The lowest BCUT2D eigenvalue weighted by Crippen LogP contribution is -2.43. The average Bonchev–Trinajstić information content (AvgIpc) is 4.00. The number of aryl methyl sites for hydroxylation is 1. The van der Waals surface area contributed by atoms with E-state index < -0.39 is 30.5 Å². The number of hydrogen-bond acceptors (Lipinski definition) is 14. The summed E-state index contributed by atoms with van der Waals surface area (Å²) in [5, 5.41) is 10.2. The Labute approximate surface area is 354 Å². The van der Waals surface area contributed by atoms with Gasteiger partial charge in [0, 0.05) is 61.8 Å². The van der Waals surface area contributed by atoms with Gasteiger partial charge in [0.05, 0.1) is 29.6 Å². The molecular formula is C42H48F2N12O6. The highest BCUT2D eigenvalue weighted by Crippen LogP contribution is 2.37. The van der Waals surface area contributed by atoms with Gasteiger partial charge >= 0.3 is 6.09 Å². The van der Waals surface area contributed by atoms with Gasteiger partial charge in [0.1, 0.15) is 48.3 Å². The Kier molecular flexibility index (Phi) is 12.0. The molecule has 2 atom stereocenters. The van der Waals surface area contributed by atoms with Gasteiger partial charge in [-0.15, -0.1) is 0 Å². The number of pyridine rings is 2. The number of nitrogens with zero attached hydrogens (tertiary/aromatic N) is 8. The maximum absolute atomic E-state index is 13.3. The summed E-state index contributed by atoms with van der Waals surface area (Å²) in [6.45, 7) is 9.09. The van der Waals surface area contributed by atoms with Crippen molar-refractivity contribution in [1.82, 2.24) is 34.4 Å². The molecule has 2 amide bonds. The number of aromatic nitrogens is 6. The van der Waals surface area contributed by atoms with Crippen LogP contribution < -0.4 is 41.8 Å². The molecule has 3 aliphatic heterocycles. The van der Waals surface area contributed by atoms with Gasteiger partial charge in [0.25, 0.3) is 12.0 Å². The number of imidazole rings is 1. The number of anilines is 5. The van der Waals surface area contributed by atoms with Gasteiger partial charge in [-0.25, -0.2) is 33.4 Å². The summed E-state index contributed by atoms with van der Waals surface area (Å²) in [5.74, 6) is 1.40. The fourth-order valence-electron chi connectivity index (χ4n) is 8.27. The molecule has 326 valence electrons. The van der Waals surface area contributed by atoms with Crippen LogP contribution in [0.4, 0.5) is 42.5 Å². The number of carbonyl (C=O) groups is 3. The van der Waals surface area contributed by atoms with E-state index in [9.17, 15) is 28.0 Å². The summed E-state index contributed by atoms with van der Waals surface area (Å²) in [5.41, 5.74) is 8.83. The zero-order chi connectivity index (χ0) is 43.7. The first-order valence-electron chi connectivity index (χ1n) is 20.6. The van der Waals surface area contributed by atoms with E-state index in [4.69, 9.17) is 20.2 Å². The maximum Gasteiger partial charge on any atom is 0.416 e. The summed E-state index contributed by atoms with van der Waals surface area (Å²) >= 11 is 0. The monoisotopic (exact) mass is 854 g/mol. The number of fused-ring (bicyclic) bond motifs is 4. The minimum atomic E-state index is -2.75. The third kappa shape index (κ3) is 8.46. The largest absolute Gasteiger partial charge is 0.491 e. The molecule has 1 aliphatic carbocycles. The molecule has 18 nitrogen and oxygen atoms in total. The molecule has 3 fully saturated rings. The van der Waals surface area contributed by atoms with Crippen LogP contribution in [0, 0.1) is 6.92 Å². The summed E-state index contributed by atoms with van der Waals surface area (Å²) in [4.78, 5) is 70.1. The van der Waals surface area contributed by atoms with E-state index in [-0.39, 0.29) is 35.4 Å². The normalized spacial score (nSPS) is 18.0. The molecular weight excluding hydrogens is 807 g/mol. The molecule has 62 heavy (non-hydrogen) atoms. The van der Waals surface area contributed by atoms with Crippen LogP contribution in [0.1, 0.15) is 61.5 Å². The number of carbonyl (C=O) groups excluding carboxylic acids is 3. The van der Waals surface area contributed by atoms with Crippen molar-refractivity contribution in [3.8, 4) is 17.1 Å². The lowest BCUT2D eigenvalue weighted by Gasteiger charge is -2.29. The fraction of sp³-hybridized carbons (Fsp3) is 0.429. The van der Waals surface area contributed by atoms with Gasteiger partial charge in [-0.1, -0.05) is 12.8 Å². The number of rotatable bonds is 10. The van der Waals surface area contributed by atoms with Crippen molar-refractivity contribution in [2.24, 2.45) is 5.73 Å². The van der Waals surface area contributed by atoms with Crippen LogP contribution in [0.25, 0.3) is 22.4 Å². The van der Waals surface area contributed by atoms with Crippen LogP contribution in [0.5, 0.6) is 5.75 Å². The number of Topliss-reactive ketones (excluding diaryl/α,β-unsaturated/α-hetero) is 1. The van der Waals surface area contributed by atoms with Crippen LogP contribution in [-0.4, -0.2) is 105 Å². The van der Waals surface area contributed by atoms with Gasteiger partial charge < -0.3 is 40.6 Å². The van der Waals surface area contributed by atoms with Crippen molar-refractivity contribution in [3.05, 3.63) is 70.4 Å².